The number of aliphatic hydroxyl groups is 1. The summed E-state index contributed by atoms with van der Waals surface area (Å²) >= 11 is 0. The molecule has 0 aliphatic rings. The summed E-state index contributed by atoms with van der Waals surface area (Å²) in [7, 11) is 0. The molecule has 2 heterocycles. The van der Waals surface area contributed by atoms with Crippen LogP contribution in [-0.2, 0) is 0 Å². The number of halogens is 2. The van der Waals surface area contributed by atoms with Crippen molar-refractivity contribution in [1.82, 2.24) is 9.97 Å². The van der Waals surface area contributed by atoms with E-state index in [1.54, 1.807) is 0 Å². The van der Waals surface area contributed by atoms with Crippen molar-refractivity contribution in [1.29, 1.82) is 0 Å². The van der Waals surface area contributed by atoms with Gasteiger partial charge in [-0.1, -0.05) is 6.07 Å². The predicted octanol–water partition coefficient (Wildman–Crippen LogP) is 3.10. The fraction of sp³-hybridized carbons (Fsp3) is 0.0667. The average molecular weight is 288 g/mol. The van der Waals surface area contributed by atoms with Crippen LogP contribution >= 0.6 is 0 Å². The van der Waals surface area contributed by atoms with Gasteiger partial charge in [0.15, 0.2) is 0 Å². The summed E-state index contributed by atoms with van der Waals surface area (Å²) in [4.78, 5) is 7.53. The Kier molecular flexibility index (Phi) is 3.45. The van der Waals surface area contributed by atoms with E-state index >= 15 is 0 Å². The first-order chi connectivity index (χ1) is 10.2. The molecule has 0 saturated heterocycles. The molecule has 6 heteroatoms. The average Bonchev–Trinajstić information content (AvgIpc) is 3.02. The Morgan fingerprint density at radius 3 is 2.52 bits per heavy atom. The minimum atomic E-state index is -1.29. The first-order valence-corrected chi connectivity index (χ1v) is 6.13. The molecule has 3 aromatic rings. The van der Waals surface area contributed by atoms with Gasteiger partial charge in [0, 0.05) is 23.5 Å². The summed E-state index contributed by atoms with van der Waals surface area (Å²) in [6.07, 6.45) is 4.06. The van der Waals surface area contributed by atoms with Crippen molar-refractivity contribution in [3.05, 3.63) is 72.0 Å². The van der Waals surface area contributed by atoms with E-state index in [4.69, 9.17) is 4.42 Å². The highest BCUT2D eigenvalue weighted by Crippen LogP contribution is 2.32. The molecular weight excluding hydrogens is 278 g/mol. The van der Waals surface area contributed by atoms with Crippen LogP contribution in [0.2, 0.25) is 0 Å². The first-order valence-electron chi connectivity index (χ1n) is 6.13. The third-order valence-corrected chi connectivity index (χ3v) is 3.08. The molecule has 0 bridgehead atoms. The molecule has 0 aliphatic carbocycles. The van der Waals surface area contributed by atoms with Crippen molar-refractivity contribution >= 4 is 0 Å². The molecule has 106 valence electrons. The van der Waals surface area contributed by atoms with Crippen LogP contribution in [0.5, 0.6) is 0 Å². The van der Waals surface area contributed by atoms with E-state index in [9.17, 15) is 13.9 Å². The largest absolute Gasteiger partial charge is 0.464 e. The van der Waals surface area contributed by atoms with Gasteiger partial charge in [-0.05, 0) is 18.2 Å². The van der Waals surface area contributed by atoms with Crippen LogP contribution in [0.15, 0.2) is 53.7 Å². The summed E-state index contributed by atoms with van der Waals surface area (Å²) in [5.74, 6) is -1.58. The summed E-state index contributed by atoms with van der Waals surface area (Å²) < 4.78 is 33.4. The van der Waals surface area contributed by atoms with Gasteiger partial charge in [-0.15, -0.1) is 0 Å². The molecule has 0 fully saturated rings. The molecular formula is C15H10F2N2O2. The van der Waals surface area contributed by atoms with Crippen molar-refractivity contribution in [3.8, 4) is 11.3 Å². The molecule has 1 unspecified atom stereocenters. The fourth-order valence-corrected chi connectivity index (χ4v) is 2.06. The summed E-state index contributed by atoms with van der Waals surface area (Å²) in [6.45, 7) is 0. The lowest BCUT2D eigenvalue weighted by Gasteiger charge is -2.13. The molecule has 1 atom stereocenters. The Hall–Kier alpha value is -2.60. The third kappa shape index (κ3) is 2.41. The molecule has 0 saturated carbocycles. The fourth-order valence-electron chi connectivity index (χ4n) is 2.06. The van der Waals surface area contributed by atoms with Gasteiger partial charge in [-0.2, -0.15) is 0 Å². The van der Waals surface area contributed by atoms with Crippen LogP contribution < -0.4 is 0 Å². The van der Waals surface area contributed by atoms with E-state index in [1.807, 2.05) is 0 Å². The zero-order valence-corrected chi connectivity index (χ0v) is 10.7. The van der Waals surface area contributed by atoms with Crippen molar-refractivity contribution in [3.63, 3.8) is 0 Å². The second kappa shape index (κ2) is 5.41. The Morgan fingerprint density at radius 1 is 1.10 bits per heavy atom. The smallest absolute Gasteiger partial charge is 0.143 e. The van der Waals surface area contributed by atoms with Gasteiger partial charge in [-0.3, -0.25) is 0 Å². The van der Waals surface area contributed by atoms with Crippen molar-refractivity contribution in [2.75, 3.05) is 0 Å². The van der Waals surface area contributed by atoms with Crippen LogP contribution in [-0.4, -0.2) is 15.1 Å². The van der Waals surface area contributed by atoms with Crippen LogP contribution in [0, 0.1) is 11.6 Å². The second-order valence-corrected chi connectivity index (χ2v) is 4.38. The molecule has 1 aromatic carbocycles. The monoisotopic (exact) mass is 288 g/mol. The van der Waals surface area contributed by atoms with E-state index in [2.05, 4.69) is 9.97 Å². The molecule has 1 N–H and O–H groups in total. The van der Waals surface area contributed by atoms with E-state index in [0.717, 1.165) is 6.07 Å². The number of hydrogen-bond acceptors (Lipinski definition) is 4. The Labute approximate surface area is 118 Å². The molecule has 0 aliphatic heterocycles. The highest BCUT2D eigenvalue weighted by Gasteiger charge is 2.22. The lowest BCUT2D eigenvalue weighted by Crippen LogP contribution is -2.05. The van der Waals surface area contributed by atoms with Crippen LogP contribution in [0.1, 0.15) is 17.2 Å². The second-order valence-electron chi connectivity index (χ2n) is 4.38. The first kappa shape index (κ1) is 13.4. The number of hydrogen-bond donors (Lipinski definition) is 1. The van der Waals surface area contributed by atoms with Crippen molar-refractivity contribution in [2.45, 2.75) is 6.10 Å². The molecule has 0 amide bonds. The lowest BCUT2D eigenvalue weighted by atomic mass is 9.99. The normalized spacial score (nSPS) is 12.3. The molecule has 0 radical (unpaired) electrons. The Morgan fingerprint density at radius 2 is 1.86 bits per heavy atom. The number of aromatic nitrogens is 2. The Bertz CT molecular complexity index is 746. The molecule has 21 heavy (non-hydrogen) atoms. The highest BCUT2D eigenvalue weighted by atomic mass is 19.1. The third-order valence-electron chi connectivity index (χ3n) is 3.08. The quantitative estimate of drug-likeness (QED) is 0.804. The molecule has 2 aromatic heterocycles. The van der Waals surface area contributed by atoms with Crippen LogP contribution in [0.4, 0.5) is 8.78 Å². The van der Waals surface area contributed by atoms with Gasteiger partial charge in [0.25, 0.3) is 0 Å². The van der Waals surface area contributed by atoms with Gasteiger partial charge in [0.1, 0.15) is 29.8 Å². The minimum Gasteiger partial charge on any atom is -0.464 e. The summed E-state index contributed by atoms with van der Waals surface area (Å²) in [6, 6.07) is 5.25. The predicted molar refractivity (Wildman–Crippen MR) is 70.2 cm³/mol. The Balaban J connectivity index is 2.11. The summed E-state index contributed by atoms with van der Waals surface area (Å²) in [5.41, 5.74) is -0.0700. The number of rotatable bonds is 3. The van der Waals surface area contributed by atoms with Gasteiger partial charge < -0.3 is 9.52 Å². The van der Waals surface area contributed by atoms with Crippen molar-refractivity contribution < 1.29 is 18.3 Å². The number of furan rings is 1. The van der Waals surface area contributed by atoms with Crippen LogP contribution in [0.25, 0.3) is 11.3 Å². The van der Waals surface area contributed by atoms with Gasteiger partial charge in [0.2, 0.25) is 0 Å². The van der Waals surface area contributed by atoms with Crippen LogP contribution in [0.3, 0.4) is 0 Å². The zero-order valence-electron chi connectivity index (χ0n) is 10.7. The number of benzene rings is 1. The topological polar surface area (TPSA) is 59.2 Å². The minimum absolute atomic E-state index is 0.0587. The molecule has 4 nitrogen and oxygen atoms in total. The van der Waals surface area contributed by atoms with E-state index < -0.39 is 17.7 Å². The maximum atomic E-state index is 14.5. The maximum Gasteiger partial charge on any atom is 0.143 e. The standard InChI is InChI=1S/C15H10F2N2O2/c16-11-4-3-10(15(20)9-6-18-8-19-7-9)14(17)13(11)12-2-1-5-21-12/h1-8,15,20H. The van der Waals surface area contributed by atoms with Gasteiger partial charge in [0.05, 0.1) is 11.8 Å². The lowest BCUT2D eigenvalue weighted by molar-refractivity contribution is 0.214. The molecule has 0 spiro atoms. The number of aliphatic hydroxyl groups excluding tert-OH is 1. The zero-order chi connectivity index (χ0) is 14.8. The maximum absolute atomic E-state index is 14.5. The molecule has 3 rings (SSSR count). The van der Waals surface area contributed by atoms with E-state index in [-0.39, 0.29) is 16.9 Å². The number of nitrogens with zero attached hydrogens (tertiary/aromatic N) is 2. The highest BCUT2D eigenvalue weighted by molar-refractivity contribution is 5.61. The van der Waals surface area contributed by atoms with E-state index in [1.165, 1.54) is 43.2 Å². The van der Waals surface area contributed by atoms with Gasteiger partial charge in [-0.25, -0.2) is 18.7 Å². The van der Waals surface area contributed by atoms with E-state index in [0.29, 0.717) is 5.56 Å². The van der Waals surface area contributed by atoms with Gasteiger partial charge >= 0.3 is 0 Å². The van der Waals surface area contributed by atoms with Crippen molar-refractivity contribution in [2.24, 2.45) is 0 Å². The summed E-state index contributed by atoms with van der Waals surface area (Å²) in [5, 5.41) is 10.2. The SMILES string of the molecule is OC(c1cncnc1)c1ccc(F)c(-c2ccco2)c1F.